The van der Waals surface area contributed by atoms with Crippen LogP contribution in [0.1, 0.15) is 33.6 Å². The van der Waals surface area contributed by atoms with Crippen LogP contribution in [0.5, 0.6) is 11.5 Å². The second-order valence-corrected chi connectivity index (χ2v) is 9.42. The molecule has 2 aliphatic rings. The number of thioether (sulfide) groups is 1. The van der Waals surface area contributed by atoms with Crippen LogP contribution in [0.25, 0.3) is 0 Å². The summed E-state index contributed by atoms with van der Waals surface area (Å²) in [5.74, 6) is -2.16. The molecule has 1 aromatic heterocycles. The van der Waals surface area contributed by atoms with Gasteiger partial charge in [-0.25, -0.2) is 8.78 Å². The summed E-state index contributed by atoms with van der Waals surface area (Å²) in [5.41, 5.74) is 4.25. The number of rotatable bonds is 6. The molecule has 0 spiro atoms. The Hall–Kier alpha value is -3.79. The molecular weight excluding hydrogens is 488 g/mol. The fourth-order valence-corrected chi connectivity index (χ4v) is 5.38. The van der Waals surface area contributed by atoms with E-state index in [9.17, 15) is 23.5 Å². The van der Waals surface area contributed by atoms with Crippen LogP contribution < -0.4 is 15.6 Å². The number of hydrogen-bond donors (Lipinski definition) is 2. The van der Waals surface area contributed by atoms with Gasteiger partial charge in [0.05, 0.1) is 0 Å². The molecule has 0 saturated carbocycles. The number of amides is 1. The van der Waals surface area contributed by atoms with E-state index in [1.165, 1.54) is 33.6 Å². The average molecular weight is 512 g/mol. The van der Waals surface area contributed by atoms with Gasteiger partial charge in [-0.2, -0.15) is 0 Å². The molecular formula is C26H23F2N3O4S. The largest absolute Gasteiger partial charge is 0.502 e. The van der Waals surface area contributed by atoms with Crippen molar-refractivity contribution in [2.45, 2.75) is 23.5 Å². The molecule has 10 heteroatoms. The monoisotopic (exact) mass is 511 g/mol. The van der Waals surface area contributed by atoms with E-state index in [1.807, 2.05) is 30.3 Å². The van der Waals surface area contributed by atoms with Gasteiger partial charge in [0.1, 0.15) is 19.0 Å². The van der Waals surface area contributed by atoms with Crippen molar-refractivity contribution >= 4 is 17.7 Å². The van der Waals surface area contributed by atoms with Crippen molar-refractivity contribution in [1.82, 2.24) is 9.58 Å². The van der Waals surface area contributed by atoms with Crippen molar-refractivity contribution in [2.24, 2.45) is 0 Å². The molecule has 3 aromatic rings. The molecule has 2 N–H and O–H groups in total. The van der Waals surface area contributed by atoms with Crippen molar-refractivity contribution in [3.8, 4) is 11.5 Å². The quantitative estimate of drug-likeness (QED) is 0.487. The highest BCUT2D eigenvalue weighted by Crippen LogP contribution is 2.39. The Kier molecular flexibility index (Phi) is 6.69. The molecule has 7 nitrogen and oxygen atoms in total. The fourth-order valence-electron chi connectivity index (χ4n) is 4.28. The molecule has 5 rings (SSSR count). The zero-order chi connectivity index (χ0) is 25.2. The zero-order valence-electron chi connectivity index (χ0n) is 19.2. The summed E-state index contributed by atoms with van der Waals surface area (Å²) in [7, 11) is 0. The average Bonchev–Trinajstić information content (AvgIpc) is 3.07. The van der Waals surface area contributed by atoms with Crippen molar-refractivity contribution in [1.29, 1.82) is 0 Å². The molecule has 186 valence electrons. The summed E-state index contributed by atoms with van der Waals surface area (Å²) < 4.78 is 36.0. The van der Waals surface area contributed by atoms with Crippen LogP contribution in [-0.4, -0.2) is 40.4 Å². The number of nitrogens with zero attached hydrogens (tertiary/aromatic N) is 2. The smallest absolute Gasteiger partial charge is 0.277 e. The maximum Gasteiger partial charge on any atom is 0.277 e. The number of fused-ring (bicyclic) bond motifs is 3. The summed E-state index contributed by atoms with van der Waals surface area (Å²) in [6.07, 6.45) is 5.93. The van der Waals surface area contributed by atoms with Crippen LogP contribution >= 0.6 is 11.8 Å². The molecule has 3 heterocycles. The lowest BCUT2D eigenvalue weighted by atomic mass is 9.99. The summed E-state index contributed by atoms with van der Waals surface area (Å²) in [5, 5.41) is 9.97. The van der Waals surface area contributed by atoms with E-state index < -0.39 is 28.7 Å². The highest BCUT2D eigenvalue weighted by molar-refractivity contribution is 7.98. The van der Waals surface area contributed by atoms with E-state index in [1.54, 1.807) is 6.08 Å². The number of benzene rings is 2. The van der Waals surface area contributed by atoms with Crippen LogP contribution in [-0.2, 0) is 12.2 Å². The van der Waals surface area contributed by atoms with E-state index in [-0.39, 0.29) is 19.0 Å². The Morgan fingerprint density at radius 1 is 1.14 bits per heavy atom. The molecule has 0 bridgehead atoms. The lowest BCUT2D eigenvalue weighted by molar-refractivity contribution is 0.0725. The molecule has 0 fully saturated rings. The number of ether oxygens (including phenoxy) is 1. The normalized spacial score (nSPS) is 14.6. The molecule has 0 atom stereocenters. The predicted octanol–water partition coefficient (Wildman–Crippen LogP) is 4.01. The van der Waals surface area contributed by atoms with Crippen LogP contribution in [0.2, 0.25) is 0 Å². The number of nitrogens with one attached hydrogen (secondary N) is 1. The van der Waals surface area contributed by atoms with E-state index in [0.29, 0.717) is 42.0 Å². The van der Waals surface area contributed by atoms with Crippen LogP contribution in [0, 0.1) is 11.6 Å². The van der Waals surface area contributed by atoms with E-state index in [2.05, 4.69) is 5.43 Å². The summed E-state index contributed by atoms with van der Waals surface area (Å²) in [6, 6.07) is 10.1. The second kappa shape index (κ2) is 10.1. The molecule has 0 saturated heterocycles. The molecule has 36 heavy (non-hydrogen) atoms. The summed E-state index contributed by atoms with van der Waals surface area (Å²) in [6.45, 7) is 0.718. The van der Waals surface area contributed by atoms with Gasteiger partial charge in [0, 0.05) is 53.1 Å². The molecule has 0 unspecified atom stereocenters. The van der Waals surface area contributed by atoms with E-state index >= 15 is 0 Å². The van der Waals surface area contributed by atoms with Crippen molar-refractivity contribution in [3.63, 3.8) is 0 Å². The minimum atomic E-state index is -0.932. The Balaban J connectivity index is 1.22. The number of carbonyl (C=O) groups is 1. The van der Waals surface area contributed by atoms with Crippen molar-refractivity contribution in [2.75, 3.05) is 25.2 Å². The number of pyridine rings is 1. The van der Waals surface area contributed by atoms with Crippen LogP contribution in [0.4, 0.5) is 8.78 Å². The second-order valence-electron chi connectivity index (χ2n) is 8.40. The van der Waals surface area contributed by atoms with Gasteiger partial charge < -0.3 is 20.2 Å². The third-order valence-corrected chi connectivity index (χ3v) is 7.31. The van der Waals surface area contributed by atoms with Gasteiger partial charge in [0.15, 0.2) is 23.1 Å². The number of aromatic hydroxyl groups is 1. The molecule has 2 aromatic carbocycles. The third kappa shape index (κ3) is 4.56. The van der Waals surface area contributed by atoms with E-state index in [0.717, 1.165) is 16.5 Å². The molecule has 0 aliphatic carbocycles. The van der Waals surface area contributed by atoms with Crippen LogP contribution in [0.3, 0.4) is 0 Å². The summed E-state index contributed by atoms with van der Waals surface area (Å²) in [4.78, 5) is 26.8. The van der Waals surface area contributed by atoms with Crippen molar-refractivity contribution in [3.05, 3.63) is 99.0 Å². The van der Waals surface area contributed by atoms with Gasteiger partial charge in [-0.15, -0.1) is 11.8 Å². The highest BCUT2D eigenvalue weighted by atomic mass is 32.2. The number of halogens is 2. The van der Waals surface area contributed by atoms with Gasteiger partial charge in [-0.1, -0.05) is 30.4 Å². The van der Waals surface area contributed by atoms with Crippen LogP contribution in [0.15, 0.2) is 64.4 Å². The SMILES string of the molecule is O=C1c2c(O)c(=O)ccn2NCN1CC/C=C\COc1cc(F)c(F)c2c1Cc1ccccc1SC2. The number of carbonyl (C=O) groups excluding carboxylic acids is 1. The standard InChI is InChI=1S/C26H23F2N3O4S/c27-19-13-21(17-12-16-6-2-3-7-22(16)36-14-18(17)23(19)28)35-11-5-1-4-9-30-15-29-31-10-8-20(32)25(33)24(31)26(30)34/h1-3,5-8,10,13,29,33H,4,9,11-12,14-15H2/b5-1-. The Bertz CT molecular complexity index is 1420. The Labute approximate surface area is 210 Å². The van der Waals surface area contributed by atoms with Gasteiger partial charge in [0.25, 0.3) is 5.91 Å². The van der Waals surface area contributed by atoms with Gasteiger partial charge in [-0.3, -0.25) is 14.3 Å². The first-order valence-corrected chi connectivity index (χ1v) is 12.4. The summed E-state index contributed by atoms with van der Waals surface area (Å²) >= 11 is 1.48. The van der Waals surface area contributed by atoms with Gasteiger partial charge in [0.2, 0.25) is 5.43 Å². The predicted molar refractivity (Wildman–Crippen MR) is 132 cm³/mol. The first-order chi connectivity index (χ1) is 17.4. The first-order valence-electron chi connectivity index (χ1n) is 11.4. The van der Waals surface area contributed by atoms with Gasteiger partial charge in [-0.05, 0) is 18.1 Å². The minimum absolute atomic E-state index is 0.0974. The van der Waals surface area contributed by atoms with E-state index in [4.69, 9.17) is 4.74 Å². The lowest BCUT2D eigenvalue weighted by Gasteiger charge is -2.30. The van der Waals surface area contributed by atoms with Crippen molar-refractivity contribution < 1.29 is 23.4 Å². The zero-order valence-corrected chi connectivity index (χ0v) is 20.0. The molecule has 2 aliphatic heterocycles. The topological polar surface area (TPSA) is 83.8 Å². The molecule has 0 radical (unpaired) electrons. The fraction of sp³-hybridized carbons (Fsp3) is 0.231. The maximum atomic E-state index is 14.6. The first kappa shape index (κ1) is 23.9. The Morgan fingerprint density at radius 2 is 1.97 bits per heavy atom. The number of aromatic nitrogens is 1. The maximum absolute atomic E-state index is 14.6. The lowest BCUT2D eigenvalue weighted by Crippen LogP contribution is -2.46. The molecule has 1 amide bonds. The minimum Gasteiger partial charge on any atom is -0.502 e. The van der Waals surface area contributed by atoms with Gasteiger partial charge >= 0.3 is 0 Å². The Morgan fingerprint density at radius 3 is 2.83 bits per heavy atom. The third-order valence-electron chi connectivity index (χ3n) is 6.17. The number of hydrogen-bond acceptors (Lipinski definition) is 6. The highest BCUT2D eigenvalue weighted by Gasteiger charge is 2.27.